The fourth-order valence-electron chi connectivity index (χ4n) is 1.89. The van der Waals surface area contributed by atoms with Gasteiger partial charge < -0.3 is 10.5 Å². The van der Waals surface area contributed by atoms with Crippen molar-refractivity contribution in [2.45, 2.75) is 25.9 Å². The Balaban J connectivity index is 2.15. The quantitative estimate of drug-likeness (QED) is 0.880. The molecule has 0 heterocycles. The minimum absolute atomic E-state index is 0.283. The molecular formula is C17H21NO. The van der Waals surface area contributed by atoms with Crippen molar-refractivity contribution >= 4 is 0 Å². The molecular weight excluding hydrogens is 234 g/mol. The normalized spacial score (nSPS) is 13.8. The van der Waals surface area contributed by atoms with E-state index < -0.39 is 0 Å². The molecule has 2 heteroatoms. The van der Waals surface area contributed by atoms with Gasteiger partial charge in [0.25, 0.3) is 0 Å². The fourth-order valence-corrected chi connectivity index (χ4v) is 1.89. The van der Waals surface area contributed by atoms with Gasteiger partial charge in [-0.2, -0.15) is 0 Å². The van der Waals surface area contributed by atoms with Gasteiger partial charge >= 0.3 is 0 Å². The third kappa shape index (κ3) is 3.36. The molecule has 0 radical (unpaired) electrons. The Morgan fingerprint density at radius 3 is 2.05 bits per heavy atom. The first-order valence-corrected chi connectivity index (χ1v) is 6.71. The molecule has 2 aromatic carbocycles. The summed E-state index contributed by atoms with van der Waals surface area (Å²) >= 11 is 0. The molecule has 2 nitrogen and oxygen atoms in total. The Bertz CT molecular complexity index is 501. The van der Waals surface area contributed by atoms with Crippen molar-refractivity contribution in [3.05, 3.63) is 54.6 Å². The van der Waals surface area contributed by atoms with Crippen molar-refractivity contribution in [1.29, 1.82) is 0 Å². The number of nitrogens with two attached hydrogens (primary N) is 1. The predicted molar refractivity (Wildman–Crippen MR) is 80.3 cm³/mol. The van der Waals surface area contributed by atoms with Gasteiger partial charge in [-0.05, 0) is 36.6 Å². The molecule has 0 aliphatic rings. The summed E-state index contributed by atoms with van der Waals surface area (Å²) in [5.74, 6) is 0.870. The van der Waals surface area contributed by atoms with Crippen LogP contribution in [0.5, 0.6) is 5.75 Å². The Morgan fingerprint density at radius 2 is 1.53 bits per heavy atom. The van der Waals surface area contributed by atoms with E-state index in [0.29, 0.717) is 6.54 Å². The van der Waals surface area contributed by atoms with Crippen molar-refractivity contribution < 1.29 is 4.74 Å². The van der Waals surface area contributed by atoms with Gasteiger partial charge in [-0.15, -0.1) is 0 Å². The second-order valence-electron chi connectivity index (χ2n) is 5.00. The van der Waals surface area contributed by atoms with Crippen LogP contribution in [0.2, 0.25) is 0 Å². The molecule has 2 N–H and O–H groups in total. The third-order valence-electron chi connectivity index (χ3n) is 3.51. The van der Waals surface area contributed by atoms with Gasteiger partial charge in [0.1, 0.15) is 11.4 Å². The highest BCUT2D eigenvalue weighted by Gasteiger charge is 2.21. The van der Waals surface area contributed by atoms with E-state index in [1.165, 1.54) is 11.1 Å². The van der Waals surface area contributed by atoms with Crippen LogP contribution in [0.25, 0.3) is 11.1 Å². The summed E-state index contributed by atoms with van der Waals surface area (Å²) in [5, 5.41) is 0. The molecule has 0 aromatic heterocycles. The fraction of sp³-hybridized carbons (Fsp3) is 0.294. The summed E-state index contributed by atoms with van der Waals surface area (Å²) in [6, 6.07) is 18.5. The van der Waals surface area contributed by atoms with Crippen molar-refractivity contribution in [3.63, 3.8) is 0 Å². The molecule has 0 bridgehead atoms. The van der Waals surface area contributed by atoms with Crippen LogP contribution in [0.15, 0.2) is 54.6 Å². The van der Waals surface area contributed by atoms with Gasteiger partial charge in [0.15, 0.2) is 0 Å². The van der Waals surface area contributed by atoms with Gasteiger partial charge in [0, 0.05) is 6.54 Å². The van der Waals surface area contributed by atoms with E-state index in [-0.39, 0.29) is 5.60 Å². The summed E-state index contributed by atoms with van der Waals surface area (Å²) in [5.41, 5.74) is 7.89. The molecule has 19 heavy (non-hydrogen) atoms. The largest absolute Gasteiger partial charge is 0.486 e. The number of hydrogen-bond donors (Lipinski definition) is 1. The van der Waals surface area contributed by atoms with Crippen LogP contribution < -0.4 is 10.5 Å². The first-order chi connectivity index (χ1) is 9.17. The molecule has 1 unspecified atom stereocenters. The first-order valence-electron chi connectivity index (χ1n) is 6.71. The zero-order valence-corrected chi connectivity index (χ0v) is 11.6. The van der Waals surface area contributed by atoms with E-state index in [1.807, 2.05) is 37.3 Å². The van der Waals surface area contributed by atoms with Gasteiger partial charge in [0.2, 0.25) is 0 Å². The lowest BCUT2D eigenvalue weighted by atomic mass is 10.0. The van der Waals surface area contributed by atoms with Crippen molar-refractivity contribution in [1.82, 2.24) is 0 Å². The monoisotopic (exact) mass is 255 g/mol. The maximum Gasteiger partial charge on any atom is 0.120 e. The lowest BCUT2D eigenvalue weighted by molar-refractivity contribution is 0.0935. The van der Waals surface area contributed by atoms with Crippen LogP contribution in [-0.2, 0) is 0 Å². The molecule has 1 atom stereocenters. The molecule has 2 aromatic rings. The minimum Gasteiger partial charge on any atom is -0.486 e. The SMILES string of the molecule is CCC(C)(CN)Oc1ccc(-c2ccccc2)cc1. The number of ether oxygens (including phenoxy) is 1. The van der Waals surface area contributed by atoms with Crippen molar-refractivity contribution in [3.8, 4) is 16.9 Å². The second-order valence-corrected chi connectivity index (χ2v) is 5.00. The third-order valence-corrected chi connectivity index (χ3v) is 3.51. The Hall–Kier alpha value is -1.80. The van der Waals surface area contributed by atoms with Crippen LogP contribution in [0.1, 0.15) is 20.3 Å². The van der Waals surface area contributed by atoms with Gasteiger partial charge in [0.05, 0.1) is 0 Å². The molecule has 100 valence electrons. The Labute approximate surface area is 115 Å². The van der Waals surface area contributed by atoms with Crippen LogP contribution in [0, 0.1) is 0 Å². The average molecular weight is 255 g/mol. The summed E-state index contributed by atoms with van der Waals surface area (Å²) in [6.07, 6.45) is 0.893. The standard InChI is InChI=1S/C17H21NO/c1-3-17(2,13-18)19-16-11-9-15(10-12-16)14-7-5-4-6-8-14/h4-12H,3,13,18H2,1-2H3. The number of hydrogen-bond acceptors (Lipinski definition) is 2. The van der Waals surface area contributed by atoms with Gasteiger partial charge in [-0.3, -0.25) is 0 Å². The zero-order chi connectivity index (χ0) is 13.7. The highest BCUT2D eigenvalue weighted by Crippen LogP contribution is 2.25. The maximum absolute atomic E-state index is 5.97. The number of rotatable bonds is 5. The first kappa shape index (κ1) is 13.6. The number of benzene rings is 2. The topological polar surface area (TPSA) is 35.2 Å². The molecule has 0 fully saturated rings. The molecule has 0 saturated heterocycles. The molecule has 0 saturated carbocycles. The predicted octanol–water partition coefficient (Wildman–Crippen LogP) is 3.86. The second kappa shape index (κ2) is 5.89. The van der Waals surface area contributed by atoms with Crippen molar-refractivity contribution in [2.75, 3.05) is 6.54 Å². The van der Waals surface area contributed by atoms with Crippen LogP contribution in [0.3, 0.4) is 0 Å². The zero-order valence-electron chi connectivity index (χ0n) is 11.6. The molecule has 0 spiro atoms. The molecule has 0 aliphatic carbocycles. The Morgan fingerprint density at radius 1 is 0.947 bits per heavy atom. The van der Waals surface area contributed by atoms with Gasteiger partial charge in [-0.25, -0.2) is 0 Å². The van der Waals surface area contributed by atoms with Crippen LogP contribution in [-0.4, -0.2) is 12.1 Å². The maximum atomic E-state index is 5.97. The molecule has 0 amide bonds. The molecule has 0 aliphatic heterocycles. The summed E-state index contributed by atoms with van der Waals surface area (Å²) < 4.78 is 5.97. The van der Waals surface area contributed by atoms with E-state index in [0.717, 1.165) is 12.2 Å². The minimum atomic E-state index is -0.283. The van der Waals surface area contributed by atoms with Crippen molar-refractivity contribution in [2.24, 2.45) is 5.73 Å². The summed E-state index contributed by atoms with van der Waals surface area (Å²) in [4.78, 5) is 0. The summed E-state index contributed by atoms with van der Waals surface area (Å²) in [7, 11) is 0. The summed E-state index contributed by atoms with van der Waals surface area (Å²) in [6.45, 7) is 4.65. The Kier molecular flexibility index (Phi) is 4.23. The average Bonchev–Trinajstić information content (AvgIpc) is 2.49. The smallest absolute Gasteiger partial charge is 0.120 e. The molecule has 2 rings (SSSR count). The van der Waals surface area contributed by atoms with E-state index in [1.54, 1.807) is 0 Å². The van der Waals surface area contributed by atoms with E-state index in [2.05, 4.69) is 31.2 Å². The van der Waals surface area contributed by atoms with E-state index in [4.69, 9.17) is 10.5 Å². The van der Waals surface area contributed by atoms with Crippen LogP contribution >= 0.6 is 0 Å². The lowest BCUT2D eigenvalue weighted by Crippen LogP contribution is -2.39. The van der Waals surface area contributed by atoms with E-state index in [9.17, 15) is 0 Å². The van der Waals surface area contributed by atoms with Gasteiger partial charge in [-0.1, -0.05) is 49.4 Å². The highest BCUT2D eigenvalue weighted by molar-refractivity contribution is 5.63. The highest BCUT2D eigenvalue weighted by atomic mass is 16.5. The lowest BCUT2D eigenvalue weighted by Gasteiger charge is -2.28. The van der Waals surface area contributed by atoms with Crippen LogP contribution in [0.4, 0.5) is 0 Å². The van der Waals surface area contributed by atoms with E-state index >= 15 is 0 Å².